The number of rotatable bonds is 8. The van der Waals surface area contributed by atoms with E-state index in [1.165, 1.54) is 31.2 Å². The van der Waals surface area contributed by atoms with E-state index in [9.17, 15) is 42.1 Å². The first-order chi connectivity index (χ1) is 21.5. The zero-order chi connectivity index (χ0) is 37.4. The molecule has 0 bridgehead atoms. The maximum atomic E-state index is 11.1. The molecule has 0 amide bonds. The second-order valence-electron chi connectivity index (χ2n) is 7.27. The highest BCUT2D eigenvalue weighted by molar-refractivity contribution is 7.90. The predicted octanol–water partition coefficient (Wildman–Crippen LogP) is 4.84. The highest BCUT2D eigenvalue weighted by Gasteiger charge is 2.10. The zero-order valence-electron chi connectivity index (χ0n) is 24.2. The van der Waals surface area contributed by atoms with Gasteiger partial charge in [0.2, 0.25) is 30.1 Å². The van der Waals surface area contributed by atoms with Gasteiger partial charge in [-0.05, 0) is 58.8 Å². The molecule has 0 spiro atoms. The molecular formula is C17H23N15O10S5. The van der Waals surface area contributed by atoms with Crippen molar-refractivity contribution in [2.24, 2.45) is 22.6 Å². The summed E-state index contributed by atoms with van der Waals surface area (Å²) in [6, 6.07) is 13.6. The average Bonchev–Trinajstić information content (AvgIpc) is 2.94. The third-order valence-electron chi connectivity index (χ3n) is 3.54. The van der Waals surface area contributed by atoms with Crippen LogP contribution in [0.5, 0.6) is 0 Å². The molecule has 0 saturated carbocycles. The van der Waals surface area contributed by atoms with Crippen LogP contribution in [0.4, 0.5) is 0 Å². The largest absolute Gasteiger partial charge is 0.264 e. The first kappa shape index (κ1) is 46.2. The lowest BCUT2D eigenvalue weighted by Gasteiger charge is -1.96. The van der Waals surface area contributed by atoms with E-state index in [1.807, 2.05) is 16.7 Å². The smallest absolute Gasteiger partial charge is 0.221 e. The molecule has 2 aromatic rings. The van der Waals surface area contributed by atoms with Gasteiger partial charge in [0.15, 0.2) is 0 Å². The molecule has 0 atom stereocenters. The van der Waals surface area contributed by atoms with E-state index < -0.39 is 50.1 Å². The Morgan fingerprint density at radius 2 is 0.830 bits per heavy atom. The molecule has 0 fully saturated rings. The standard InChI is InChI=1S/C7H7N3O2S.C6H5N3O2S.C2H5N3O2S.2CH3N3O2S/c1-6-2-4-7(5-3-6)13(11,12)10-9-8;7-8-9-12(10,11)6-4-2-1-3-5-6;1-2-8(6,7)5-4-3;2*1-7(5,6)4-3-2/h2-5H,1H3;1-5H;2H2,1H3;2*1H3. The van der Waals surface area contributed by atoms with E-state index in [4.69, 9.17) is 27.7 Å². The normalized spacial score (nSPS) is 10.2. The number of azide groups is 5. The van der Waals surface area contributed by atoms with Crippen LogP contribution in [-0.4, -0.2) is 60.4 Å². The van der Waals surface area contributed by atoms with E-state index in [1.54, 1.807) is 30.3 Å². The Labute approximate surface area is 268 Å². The van der Waals surface area contributed by atoms with E-state index in [0.717, 1.165) is 18.1 Å². The molecule has 25 nitrogen and oxygen atoms in total. The van der Waals surface area contributed by atoms with Gasteiger partial charge in [-0.2, -0.15) is 0 Å². The summed E-state index contributed by atoms with van der Waals surface area (Å²) in [5.41, 5.74) is 39.5. The number of sulfonamides is 5. The molecule has 0 radical (unpaired) electrons. The van der Waals surface area contributed by atoms with Crippen LogP contribution in [0.15, 0.2) is 87.0 Å². The Balaban J connectivity index is -0.000000530. The Morgan fingerprint density at radius 3 is 1.06 bits per heavy atom. The molecule has 0 saturated heterocycles. The van der Waals surface area contributed by atoms with Crippen molar-refractivity contribution in [3.05, 3.63) is 112 Å². The average molecular weight is 758 g/mol. The lowest BCUT2D eigenvalue weighted by molar-refractivity contribution is 0.595. The minimum Gasteiger partial charge on any atom is -0.221 e. The van der Waals surface area contributed by atoms with Gasteiger partial charge < -0.3 is 0 Å². The molecule has 0 aliphatic rings. The number of hydrogen-bond acceptors (Lipinski definition) is 10. The summed E-state index contributed by atoms with van der Waals surface area (Å²) >= 11 is 0. The first-order valence-electron chi connectivity index (χ1n) is 11.0. The van der Waals surface area contributed by atoms with Crippen LogP contribution in [0.3, 0.4) is 0 Å². The molecule has 30 heteroatoms. The van der Waals surface area contributed by atoms with Crippen LogP contribution < -0.4 is 0 Å². The second-order valence-corrected chi connectivity index (χ2v) is 15.6. The van der Waals surface area contributed by atoms with Crippen molar-refractivity contribution in [3.63, 3.8) is 0 Å². The molecule has 0 aromatic heterocycles. The molecule has 256 valence electrons. The Kier molecular flexibility index (Phi) is 21.9. The summed E-state index contributed by atoms with van der Waals surface area (Å²) < 4.78 is 117. The van der Waals surface area contributed by atoms with Gasteiger partial charge in [-0.15, -0.1) is 0 Å². The minimum atomic E-state index is -3.82. The van der Waals surface area contributed by atoms with Gasteiger partial charge in [0.25, 0.3) is 20.0 Å². The van der Waals surface area contributed by atoms with Gasteiger partial charge in [-0.3, -0.25) is 0 Å². The van der Waals surface area contributed by atoms with Crippen molar-refractivity contribution >= 4 is 50.1 Å². The Hall–Kier alpha value is -5.26. The monoisotopic (exact) mass is 757 g/mol. The predicted molar refractivity (Wildman–Crippen MR) is 167 cm³/mol. The van der Waals surface area contributed by atoms with Crippen molar-refractivity contribution in [2.75, 3.05) is 18.3 Å². The third-order valence-corrected chi connectivity index (χ3v) is 7.65. The summed E-state index contributed by atoms with van der Waals surface area (Å²) in [5.74, 6) is -0.142. The van der Waals surface area contributed by atoms with Crippen LogP contribution in [0.25, 0.3) is 52.2 Å². The molecule has 0 aliphatic carbocycles. The van der Waals surface area contributed by atoms with E-state index >= 15 is 0 Å². The van der Waals surface area contributed by atoms with Crippen molar-refractivity contribution in [3.8, 4) is 0 Å². The Morgan fingerprint density at radius 1 is 0.511 bits per heavy atom. The minimum absolute atomic E-state index is 0.00259. The second kappa shape index (κ2) is 22.3. The van der Waals surface area contributed by atoms with Gasteiger partial charge in [-0.1, -0.05) is 42.8 Å². The lowest BCUT2D eigenvalue weighted by atomic mass is 10.2. The third kappa shape index (κ3) is 26.8. The van der Waals surface area contributed by atoms with Crippen molar-refractivity contribution in [2.45, 2.75) is 23.6 Å². The summed E-state index contributed by atoms with van der Waals surface area (Å²) in [5, 5.41) is 0. The SMILES string of the molecule is CCS(=O)(=O)N=[N+]=[N-].CS(=O)(=O)N=[N+]=[N-].CS(=O)(=O)N=[N+]=[N-].Cc1ccc(S(=O)(=O)N=[N+]=[N-])cc1.[N-]=[N+]=NS(=O)(=O)c1ccccc1. The zero-order valence-corrected chi connectivity index (χ0v) is 28.3. The molecular weight excluding hydrogens is 735 g/mol. The van der Waals surface area contributed by atoms with Gasteiger partial charge in [0, 0.05) is 59.7 Å². The van der Waals surface area contributed by atoms with E-state index in [2.05, 4.69) is 37.3 Å². The summed E-state index contributed by atoms with van der Waals surface area (Å²) in [7, 11) is -18.0. The topological polar surface area (TPSA) is 415 Å². The van der Waals surface area contributed by atoms with Crippen molar-refractivity contribution in [1.29, 1.82) is 0 Å². The quantitative estimate of drug-likeness (QED) is 0.200. The molecule has 0 unspecified atom stereocenters. The summed E-state index contributed by atoms with van der Waals surface area (Å²) in [6.07, 6.45) is 1.65. The van der Waals surface area contributed by atoms with Crippen molar-refractivity contribution in [1.82, 2.24) is 0 Å². The molecule has 0 N–H and O–H groups in total. The highest BCUT2D eigenvalue weighted by atomic mass is 32.2. The number of nitrogens with zero attached hydrogens (tertiary/aromatic N) is 15. The number of aryl methyl sites for hydroxylation is 1. The van der Waals surface area contributed by atoms with Crippen LogP contribution >= 0.6 is 0 Å². The summed E-state index contributed by atoms with van der Waals surface area (Å²) in [4.78, 5) is 10.7. The maximum Gasteiger partial charge on any atom is 0.264 e. The van der Waals surface area contributed by atoms with Gasteiger partial charge in [0.05, 0.1) is 15.5 Å². The molecule has 2 rings (SSSR count). The Bertz CT molecular complexity index is 2080. The fraction of sp³-hybridized carbons (Fsp3) is 0.294. The summed E-state index contributed by atoms with van der Waals surface area (Å²) in [6.45, 7) is 3.24. The molecule has 0 aliphatic heterocycles. The lowest BCUT2D eigenvalue weighted by Crippen LogP contribution is -1.94. The van der Waals surface area contributed by atoms with Crippen LogP contribution in [0, 0.1) is 6.92 Å². The van der Waals surface area contributed by atoms with Crippen LogP contribution in [0.2, 0.25) is 0 Å². The fourth-order valence-corrected chi connectivity index (χ4v) is 3.59. The van der Waals surface area contributed by atoms with Gasteiger partial charge >= 0.3 is 0 Å². The molecule has 2 aromatic carbocycles. The highest BCUT2D eigenvalue weighted by Crippen LogP contribution is 2.13. The number of hydrogen-bond donors (Lipinski definition) is 0. The van der Waals surface area contributed by atoms with Crippen molar-refractivity contribution < 1.29 is 42.1 Å². The van der Waals surface area contributed by atoms with Crippen LogP contribution in [-0.2, 0) is 50.1 Å². The van der Waals surface area contributed by atoms with Gasteiger partial charge in [-0.25, -0.2) is 42.1 Å². The van der Waals surface area contributed by atoms with E-state index in [-0.39, 0.29) is 15.5 Å². The van der Waals surface area contributed by atoms with Gasteiger partial charge in [0.1, 0.15) is 0 Å². The molecule has 0 heterocycles. The van der Waals surface area contributed by atoms with E-state index in [0.29, 0.717) is 0 Å². The first-order valence-corrected chi connectivity index (χ1v) is 19.2. The maximum absolute atomic E-state index is 11.1. The molecule has 47 heavy (non-hydrogen) atoms. The fourth-order valence-electron chi connectivity index (χ4n) is 1.74. The van der Waals surface area contributed by atoms with Crippen LogP contribution in [0.1, 0.15) is 12.5 Å². The number of benzene rings is 2.